The summed E-state index contributed by atoms with van der Waals surface area (Å²) in [6.45, 7) is 5.68. The fourth-order valence-electron chi connectivity index (χ4n) is 2.49. The molecule has 1 aromatic carbocycles. The van der Waals surface area contributed by atoms with Gasteiger partial charge in [0.25, 0.3) is 0 Å². The monoisotopic (exact) mass is 281 g/mol. The maximum Gasteiger partial charge on any atom is 0.154 e. The molecule has 1 aromatic rings. The van der Waals surface area contributed by atoms with E-state index >= 15 is 0 Å². The second-order valence-electron chi connectivity index (χ2n) is 5.66. The van der Waals surface area contributed by atoms with Crippen molar-refractivity contribution in [3.8, 4) is 0 Å². The van der Waals surface area contributed by atoms with Crippen LogP contribution in [0.15, 0.2) is 24.3 Å². The molecule has 1 fully saturated rings. The van der Waals surface area contributed by atoms with Gasteiger partial charge in [-0.05, 0) is 29.9 Å². The van der Waals surface area contributed by atoms with E-state index in [9.17, 15) is 8.42 Å². The molecule has 2 rings (SSSR count). The average Bonchev–Trinajstić information content (AvgIpc) is 2.69. The topological polar surface area (TPSA) is 46.2 Å². The summed E-state index contributed by atoms with van der Waals surface area (Å²) >= 11 is 0. The van der Waals surface area contributed by atoms with Crippen LogP contribution in [0.25, 0.3) is 0 Å². The van der Waals surface area contributed by atoms with Crippen molar-refractivity contribution in [1.29, 1.82) is 0 Å². The van der Waals surface area contributed by atoms with Crippen LogP contribution in [-0.4, -0.2) is 26.0 Å². The molecule has 1 aliphatic heterocycles. The van der Waals surface area contributed by atoms with Gasteiger partial charge in [-0.25, -0.2) is 8.42 Å². The number of hydrogen-bond donors (Lipinski definition) is 1. The predicted molar refractivity (Wildman–Crippen MR) is 79.0 cm³/mol. The lowest BCUT2D eigenvalue weighted by molar-refractivity contribution is 0.574. The van der Waals surface area contributed by atoms with Crippen LogP contribution in [0.3, 0.4) is 0 Å². The molecule has 3 nitrogen and oxygen atoms in total. The molecule has 0 radical (unpaired) electrons. The maximum absolute atomic E-state index is 11.7. The zero-order chi connectivity index (χ0) is 13.9. The minimum Gasteiger partial charge on any atom is -0.311 e. The molecule has 0 amide bonds. The summed E-state index contributed by atoms with van der Waals surface area (Å²) in [4.78, 5) is 0. The average molecular weight is 281 g/mol. The van der Waals surface area contributed by atoms with Crippen LogP contribution in [0.5, 0.6) is 0 Å². The van der Waals surface area contributed by atoms with Gasteiger partial charge in [0.1, 0.15) is 0 Å². The molecule has 19 heavy (non-hydrogen) atoms. The van der Waals surface area contributed by atoms with E-state index in [0.717, 1.165) is 19.4 Å². The zero-order valence-electron chi connectivity index (χ0n) is 11.7. The van der Waals surface area contributed by atoms with E-state index in [0.29, 0.717) is 18.2 Å². The molecule has 1 saturated heterocycles. The fraction of sp³-hybridized carbons (Fsp3) is 0.600. The minimum absolute atomic E-state index is 0.178. The Kier molecular flexibility index (Phi) is 4.63. The van der Waals surface area contributed by atoms with Crippen molar-refractivity contribution in [2.24, 2.45) is 0 Å². The van der Waals surface area contributed by atoms with Crippen LogP contribution in [0.4, 0.5) is 0 Å². The fourth-order valence-corrected chi connectivity index (χ4v) is 4.29. The van der Waals surface area contributed by atoms with Crippen molar-refractivity contribution in [3.05, 3.63) is 35.4 Å². The molecular weight excluding hydrogens is 258 g/mol. The Hall–Kier alpha value is -0.870. The third-order valence-electron chi connectivity index (χ3n) is 3.81. The van der Waals surface area contributed by atoms with Gasteiger partial charge in [-0.3, -0.25) is 0 Å². The Morgan fingerprint density at radius 2 is 1.95 bits per heavy atom. The number of nitrogens with one attached hydrogen (secondary N) is 1. The minimum atomic E-state index is -2.82. The number of benzene rings is 1. The largest absolute Gasteiger partial charge is 0.311 e. The highest BCUT2D eigenvalue weighted by atomic mass is 32.2. The van der Waals surface area contributed by atoms with Gasteiger partial charge in [-0.15, -0.1) is 0 Å². The second-order valence-corrected chi connectivity index (χ2v) is 8.06. The first-order chi connectivity index (χ1) is 8.99. The van der Waals surface area contributed by atoms with Crippen LogP contribution in [0, 0.1) is 0 Å². The Bertz CT molecular complexity index is 505. The first kappa shape index (κ1) is 14.5. The molecule has 1 heterocycles. The molecule has 0 bridgehead atoms. The SMILES string of the molecule is CC(C)c1ccc(CNCC2CCCS2(=O)=O)cc1. The van der Waals surface area contributed by atoms with Crippen molar-refractivity contribution in [3.63, 3.8) is 0 Å². The summed E-state index contributed by atoms with van der Waals surface area (Å²) in [5, 5.41) is 3.09. The molecule has 0 saturated carbocycles. The van der Waals surface area contributed by atoms with Gasteiger partial charge < -0.3 is 5.32 Å². The molecule has 1 atom stereocenters. The van der Waals surface area contributed by atoms with Crippen molar-refractivity contribution in [1.82, 2.24) is 5.32 Å². The number of rotatable bonds is 5. The smallest absolute Gasteiger partial charge is 0.154 e. The maximum atomic E-state index is 11.7. The van der Waals surface area contributed by atoms with Crippen LogP contribution in [0.1, 0.15) is 43.7 Å². The van der Waals surface area contributed by atoms with Gasteiger partial charge in [-0.2, -0.15) is 0 Å². The van der Waals surface area contributed by atoms with Crippen molar-refractivity contribution >= 4 is 9.84 Å². The summed E-state index contributed by atoms with van der Waals surface area (Å²) in [6, 6.07) is 8.53. The summed E-state index contributed by atoms with van der Waals surface area (Å²) in [6.07, 6.45) is 1.62. The molecule has 0 aromatic heterocycles. The zero-order valence-corrected chi connectivity index (χ0v) is 12.5. The van der Waals surface area contributed by atoms with E-state index in [1.54, 1.807) is 0 Å². The molecule has 1 N–H and O–H groups in total. The highest BCUT2D eigenvalue weighted by molar-refractivity contribution is 7.92. The highest BCUT2D eigenvalue weighted by Gasteiger charge is 2.30. The summed E-state index contributed by atoms with van der Waals surface area (Å²) in [5.41, 5.74) is 2.54. The summed E-state index contributed by atoms with van der Waals surface area (Å²) < 4.78 is 23.4. The molecule has 0 spiro atoms. The van der Waals surface area contributed by atoms with E-state index in [4.69, 9.17) is 0 Å². The van der Waals surface area contributed by atoms with Gasteiger partial charge >= 0.3 is 0 Å². The number of hydrogen-bond acceptors (Lipinski definition) is 3. The van der Waals surface area contributed by atoms with Gasteiger partial charge in [0, 0.05) is 13.1 Å². The van der Waals surface area contributed by atoms with Gasteiger partial charge in [0.05, 0.1) is 11.0 Å². The third-order valence-corrected chi connectivity index (χ3v) is 6.09. The lowest BCUT2D eigenvalue weighted by atomic mass is 10.0. The van der Waals surface area contributed by atoms with E-state index in [1.807, 2.05) is 0 Å². The highest BCUT2D eigenvalue weighted by Crippen LogP contribution is 2.19. The summed E-state index contributed by atoms with van der Waals surface area (Å²) in [5.74, 6) is 0.910. The molecule has 4 heteroatoms. The summed E-state index contributed by atoms with van der Waals surface area (Å²) in [7, 11) is -2.82. The Morgan fingerprint density at radius 3 is 2.47 bits per heavy atom. The molecule has 106 valence electrons. The first-order valence-electron chi connectivity index (χ1n) is 7.00. The Balaban J connectivity index is 1.83. The Morgan fingerprint density at radius 1 is 1.26 bits per heavy atom. The van der Waals surface area contributed by atoms with Gasteiger partial charge in [0.15, 0.2) is 9.84 Å². The molecular formula is C15H23NO2S. The van der Waals surface area contributed by atoms with Crippen LogP contribution in [-0.2, 0) is 16.4 Å². The van der Waals surface area contributed by atoms with Crippen LogP contribution < -0.4 is 5.32 Å². The van der Waals surface area contributed by atoms with Gasteiger partial charge in [-0.1, -0.05) is 38.1 Å². The van der Waals surface area contributed by atoms with Crippen molar-refractivity contribution < 1.29 is 8.42 Å². The lowest BCUT2D eigenvalue weighted by Crippen LogP contribution is -2.30. The quantitative estimate of drug-likeness (QED) is 0.902. The normalized spacial score (nSPS) is 21.9. The van der Waals surface area contributed by atoms with Gasteiger partial charge in [0.2, 0.25) is 0 Å². The predicted octanol–water partition coefficient (Wildman–Crippen LogP) is 2.48. The van der Waals surface area contributed by atoms with E-state index in [1.165, 1.54) is 11.1 Å². The van der Waals surface area contributed by atoms with Crippen LogP contribution in [0.2, 0.25) is 0 Å². The lowest BCUT2D eigenvalue weighted by Gasteiger charge is -2.11. The van der Waals surface area contributed by atoms with E-state index in [2.05, 4.69) is 43.4 Å². The van der Waals surface area contributed by atoms with Crippen molar-refractivity contribution in [2.75, 3.05) is 12.3 Å². The van der Waals surface area contributed by atoms with Crippen LogP contribution >= 0.6 is 0 Å². The third kappa shape index (κ3) is 3.80. The number of sulfone groups is 1. The first-order valence-corrected chi connectivity index (χ1v) is 8.72. The molecule has 0 aliphatic carbocycles. The van der Waals surface area contributed by atoms with E-state index in [-0.39, 0.29) is 5.25 Å². The Labute approximate surface area is 116 Å². The standard InChI is InChI=1S/C15H23NO2S/c1-12(2)14-7-5-13(6-8-14)10-16-11-15-4-3-9-19(15,17)18/h5-8,12,15-16H,3-4,9-11H2,1-2H3. The molecule has 1 aliphatic rings. The molecule has 1 unspecified atom stereocenters. The van der Waals surface area contributed by atoms with Crippen molar-refractivity contribution in [2.45, 2.75) is 44.4 Å². The van der Waals surface area contributed by atoms with E-state index < -0.39 is 9.84 Å². The second kappa shape index (κ2) is 6.06.